The summed E-state index contributed by atoms with van der Waals surface area (Å²) >= 11 is 9.28. The SMILES string of the molecule is ClN1C=CNc2cc(Br)ccc21. The highest BCUT2D eigenvalue weighted by atomic mass is 79.9. The van der Waals surface area contributed by atoms with Gasteiger partial charge in [0.15, 0.2) is 0 Å². The van der Waals surface area contributed by atoms with Crippen LogP contribution in [0.3, 0.4) is 0 Å². The Hall–Kier alpha value is -0.670. The van der Waals surface area contributed by atoms with Gasteiger partial charge in [0.25, 0.3) is 0 Å². The largest absolute Gasteiger partial charge is 0.359 e. The zero-order valence-electron chi connectivity index (χ0n) is 6.09. The fourth-order valence-corrected chi connectivity index (χ4v) is 1.65. The van der Waals surface area contributed by atoms with E-state index >= 15 is 0 Å². The molecule has 0 atom stereocenters. The molecule has 0 radical (unpaired) electrons. The van der Waals surface area contributed by atoms with Gasteiger partial charge in [-0.25, -0.2) is 0 Å². The molecule has 12 heavy (non-hydrogen) atoms. The lowest BCUT2D eigenvalue weighted by Gasteiger charge is -2.19. The van der Waals surface area contributed by atoms with Crippen LogP contribution in [0.1, 0.15) is 0 Å². The van der Waals surface area contributed by atoms with Crippen molar-refractivity contribution in [2.45, 2.75) is 0 Å². The van der Waals surface area contributed by atoms with Crippen molar-refractivity contribution in [2.75, 3.05) is 9.74 Å². The van der Waals surface area contributed by atoms with E-state index in [0.29, 0.717) is 0 Å². The summed E-state index contributed by atoms with van der Waals surface area (Å²) in [7, 11) is 0. The average molecular weight is 246 g/mol. The minimum absolute atomic E-state index is 0.961. The third kappa shape index (κ3) is 1.30. The second-order valence-electron chi connectivity index (χ2n) is 2.43. The molecule has 1 aromatic carbocycles. The predicted octanol–water partition coefficient (Wildman–Crippen LogP) is 3.31. The van der Waals surface area contributed by atoms with Crippen LogP contribution in [0.4, 0.5) is 11.4 Å². The Bertz CT molecular complexity index is 338. The topological polar surface area (TPSA) is 15.3 Å². The number of halogens is 2. The van der Waals surface area contributed by atoms with Crippen molar-refractivity contribution < 1.29 is 0 Å². The summed E-state index contributed by atoms with van der Waals surface area (Å²) in [6.45, 7) is 0. The normalized spacial score (nSPS) is 14.0. The van der Waals surface area contributed by atoms with Gasteiger partial charge in [0.2, 0.25) is 0 Å². The van der Waals surface area contributed by atoms with Crippen LogP contribution in [0.5, 0.6) is 0 Å². The highest BCUT2D eigenvalue weighted by Crippen LogP contribution is 2.32. The van der Waals surface area contributed by atoms with Crippen LogP contribution in [-0.4, -0.2) is 0 Å². The molecule has 0 aromatic heterocycles. The Labute approximate surface area is 84.1 Å². The van der Waals surface area contributed by atoms with E-state index in [2.05, 4.69) is 21.2 Å². The van der Waals surface area contributed by atoms with Crippen molar-refractivity contribution in [1.82, 2.24) is 0 Å². The van der Waals surface area contributed by atoms with Gasteiger partial charge in [-0.1, -0.05) is 15.9 Å². The van der Waals surface area contributed by atoms with Crippen molar-refractivity contribution in [3.05, 3.63) is 35.1 Å². The summed E-state index contributed by atoms with van der Waals surface area (Å²) in [5.74, 6) is 0. The maximum absolute atomic E-state index is 5.89. The molecule has 0 unspecified atom stereocenters. The monoisotopic (exact) mass is 244 g/mol. The van der Waals surface area contributed by atoms with Gasteiger partial charge < -0.3 is 5.32 Å². The van der Waals surface area contributed by atoms with E-state index in [1.165, 1.54) is 0 Å². The molecule has 0 amide bonds. The number of rotatable bonds is 0. The number of nitrogens with one attached hydrogen (secondary N) is 1. The smallest absolute Gasteiger partial charge is 0.0810 e. The Kier molecular flexibility index (Phi) is 1.98. The Morgan fingerprint density at radius 3 is 3.08 bits per heavy atom. The highest BCUT2D eigenvalue weighted by molar-refractivity contribution is 9.10. The van der Waals surface area contributed by atoms with Crippen LogP contribution in [0, 0.1) is 0 Å². The first kappa shape index (κ1) is 7.95. The van der Waals surface area contributed by atoms with Crippen molar-refractivity contribution in [3.63, 3.8) is 0 Å². The van der Waals surface area contributed by atoms with Crippen molar-refractivity contribution >= 4 is 39.1 Å². The third-order valence-corrected chi connectivity index (χ3v) is 2.42. The first-order valence-electron chi connectivity index (χ1n) is 3.45. The van der Waals surface area contributed by atoms with E-state index in [1.54, 1.807) is 16.8 Å². The molecule has 1 aromatic rings. The maximum atomic E-state index is 5.89. The number of anilines is 2. The number of nitrogens with zero attached hydrogens (tertiary/aromatic N) is 1. The summed E-state index contributed by atoms with van der Waals surface area (Å²) in [6.07, 6.45) is 3.56. The molecule has 2 rings (SSSR count). The van der Waals surface area contributed by atoms with Crippen molar-refractivity contribution in [2.24, 2.45) is 0 Å². The lowest BCUT2D eigenvalue weighted by atomic mass is 10.2. The van der Waals surface area contributed by atoms with E-state index in [9.17, 15) is 0 Å². The molecule has 2 nitrogen and oxygen atoms in total. The van der Waals surface area contributed by atoms with Gasteiger partial charge in [0, 0.05) is 28.6 Å². The molecule has 0 saturated heterocycles. The maximum Gasteiger partial charge on any atom is 0.0810 e. The molecule has 0 spiro atoms. The highest BCUT2D eigenvalue weighted by Gasteiger charge is 2.09. The van der Waals surface area contributed by atoms with Gasteiger partial charge in [-0.2, -0.15) is 0 Å². The minimum atomic E-state index is 0.961. The summed E-state index contributed by atoms with van der Waals surface area (Å²) in [5.41, 5.74) is 1.96. The molecular weight excluding hydrogens is 239 g/mol. The molecule has 1 aliphatic rings. The third-order valence-electron chi connectivity index (χ3n) is 1.63. The van der Waals surface area contributed by atoms with Crippen molar-refractivity contribution in [1.29, 1.82) is 0 Å². The van der Waals surface area contributed by atoms with Gasteiger partial charge in [-0.15, -0.1) is 0 Å². The number of hydrogen-bond donors (Lipinski definition) is 1. The first-order chi connectivity index (χ1) is 5.77. The van der Waals surface area contributed by atoms with Crippen LogP contribution in [0.15, 0.2) is 35.1 Å². The van der Waals surface area contributed by atoms with Gasteiger partial charge in [0.05, 0.1) is 11.4 Å². The standard InChI is InChI=1S/C8H6BrClN2/c9-6-1-2-8-7(5-6)11-3-4-12(8)10/h1-5,11H. The molecule has 0 fully saturated rings. The number of fused-ring (bicyclic) bond motifs is 1. The van der Waals surface area contributed by atoms with E-state index in [0.717, 1.165) is 15.8 Å². The van der Waals surface area contributed by atoms with E-state index in [1.807, 2.05) is 18.2 Å². The van der Waals surface area contributed by atoms with Crippen molar-refractivity contribution in [3.8, 4) is 0 Å². The molecular formula is C8H6BrClN2. The van der Waals surface area contributed by atoms with Crippen LogP contribution < -0.4 is 9.74 Å². The Morgan fingerprint density at radius 2 is 2.25 bits per heavy atom. The fourth-order valence-electron chi connectivity index (χ4n) is 1.08. The van der Waals surface area contributed by atoms with Gasteiger partial charge in [0.1, 0.15) is 0 Å². The summed E-state index contributed by atoms with van der Waals surface area (Å²) < 4.78 is 2.59. The Balaban J connectivity index is 2.51. The zero-order valence-corrected chi connectivity index (χ0v) is 8.43. The average Bonchev–Trinajstić information content (AvgIpc) is 2.04. The molecule has 0 saturated carbocycles. The lowest BCUT2D eigenvalue weighted by Crippen LogP contribution is -2.08. The van der Waals surface area contributed by atoms with E-state index < -0.39 is 0 Å². The molecule has 62 valence electrons. The summed E-state index contributed by atoms with van der Waals surface area (Å²) in [4.78, 5) is 0. The number of hydrogen-bond acceptors (Lipinski definition) is 2. The molecule has 1 heterocycles. The minimum Gasteiger partial charge on any atom is -0.359 e. The van der Waals surface area contributed by atoms with Crippen LogP contribution in [0.25, 0.3) is 0 Å². The first-order valence-corrected chi connectivity index (χ1v) is 4.58. The molecule has 1 aliphatic heterocycles. The predicted molar refractivity (Wildman–Crippen MR) is 55.2 cm³/mol. The number of benzene rings is 1. The van der Waals surface area contributed by atoms with E-state index in [4.69, 9.17) is 11.8 Å². The van der Waals surface area contributed by atoms with Crippen LogP contribution >= 0.6 is 27.7 Å². The molecule has 0 bridgehead atoms. The molecule has 1 N–H and O–H groups in total. The molecule has 0 aliphatic carbocycles. The molecule has 4 heteroatoms. The Morgan fingerprint density at radius 1 is 1.42 bits per heavy atom. The van der Waals surface area contributed by atoms with Crippen LogP contribution in [-0.2, 0) is 0 Å². The lowest BCUT2D eigenvalue weighted by molar-refractivity contribution is 1.35. The zero-order chi connectivity index (χ0) is 8.55. The second-order valence-corrected chi connectivity index (χ2v) is 3.71. The van der Waals surface area contributed by atoms with Gasteiger partial charge in [-0.05, 0) is 18.2 Å². The van der Waals surface area contributed by atoms with Crippen LogP contribution in [0.2, 0.25) is 0 Å². The van der Waals surface area contributed by atoms with Gasteiger partial charge in [-0.3, -0.25) is 4.42 Å². The second kappa shape index (κ2) is 2.99. The van der Waals surface area contributed by atoms with Gasteiger partial charge >= 0.3 is 0 Å². The fraction of sp³-hybridized carbons (Fsp3) is 0. The quantitative estimate of drug-likeness (QED) is 0.706. The van der Waals surface area contributed by atoms with E-state index in [-0.39, 0.29) is 0 Å². The summed E-state index contributed by atoms with van der Waals surface area (Å²) in [6, 6.07) is 5.88. The summed E-state index contributed by atoms with van der Waals surface area (Å²) in [5, 5.41) is 3.10.